The molecule has 3 aromatic rings. The molecule has 16 nitrogen and oxygen atoms in total. The van der Waals surface area contributed by atoms with Gasteiger partial charge in [-0.05, 0) is 55.4 Å². The predicted molar refractivity (Wildman–Crippen MR) is 210 cm³/mol. The highest BCUT2D eigenvalue weighted by Crippen LogP contribution is 2.39. The van der Waals surface area contributed by atoms with Gasteiger partial charge in [0.05, 0.1) is 29.7 Å². The first-order chi connectivity index (χ1) is 27.3. The topological polar surface area (TPSA) is 252 Å². The van der Waals surface area contributed by atoms with E-state index in [9.17, 15) is 43.4 Å². The number of carboxylic acid groups (broad SMARTS) is 1. The molecule has 3 rings (SSSR count). The third-order valence-electron chi connectivity index (χ3n) is 9.39. The molecule has 0 aliphatic heterocycles. The van der Waals surface area contributed by atoms with Crippen molar-refractivity contribution in [3.8, 4) is 11.3 Å². The molecule has 9 N–H and O–H groups in total. The second kappa shape index (κ2) is 21.7. The Hall–Kier alpha value is -5.75. The molecule has 1 heterocycles. The highest BCUT2D eigenvalue weighted by molar-refractivity contribution is 5.91. The van der Waals surface area contributed by atoms with Crippen LogP contribution in [0.3, 0.4) is 0 Å². The fourth-order valence-electron chi connectivity index (χ4n) is 6.39. The number of amides is 5. The number of hydrogen-bond donors (Lipinski definition) is 7. The number of imidazole rings is 1. The Morgan fingerprint density at radius 2 is 1.67 bits per heavy atom. The normalized spacial score (nSPS) is 13.4. The van der Waals surface area contributed by atoms with E-state index in [1.165, 1.54) is 11.8 Å². The number of nitrogens with zero attached hydrogens (tertiary/aromatic N) is 3. The number of benzene rings is 2. The van der Waals surface area contributed by atoms with Gasteiger partial charge in [-0.25, -0.2) is 18.6 Å². The molecule has 4 atom stereocenters. The van der Waals surface area contributed by atoms with E-state index in [2.05, 4.69) is 16.0 Å². The largest absolute Gasteiger partial charge is 0.481 e. The molecule has 58 heavy (non-hydrogen) atoms. The summed E-state index contributed by atoms with van der Waals surface area (Å²) in [6.45, 7) is 6.24. The Kier molecular flexibility index (Phi) is 17.4. The first-order valence-electron chi connectivity index (χ1n) is 18.9. The fourth-order valence-corrected chi connectivity index (χ4v) is 6.39. The number of carboxylic acids is 1. The third-order valence-corrected chi connectivity index (χ3v) is 9.39. The van der Waals surface area contributed by atoms with Gasteiger partial charge >= 0.3 is 12.0 Å². The van der Waals surface area contributed by atoms with Crippen molar-refractivity contribution in [3.05, 3.63) is 77.8 Å². The smallest absolute Gasteiger partial charge is 0.312 e. The Morgan fingerprint density at radius 3 is 2.29 bits per heavy atom. The number of nitrogens with one attached hydrogen (secondary N) is 3. The monoisotopic (exact) mass is 812 g/mol. The van der Waals surface area contributed by atoms with Gasteiger partial charge in [0.15, 0.2) is 5.78 Å². The summed E-state index contributed by atoms with van der Waals surface area (Å²) in [4.78, 5) is 80.2. The molecule has 18 heteroatoms. The van der Waals surface area contributed by atoms with Gasteiger partial charge in [-0.2, -0.15) is 0 Å². The Labute approximate surface area is 335 Å². The van der Waals surface area contributed by atoms with Crippen molar-refractivity contribution >= 4 is 35.5 Å². The van der Waals surface area contributed by atoms with Crippen LogP contribution in [0, 0.1) is 23.0 Å². The van der Waals surface area contributed by atoms with Gasteiger partial charge in [-0.15, -0.1) is 0 Å². The molecular weight excluding hydrogens is 758 g/mol. The summed E-state index contributed by atoms with van der Waals surface area (Å²) in [5.41, 5.74) is 11.4. The van der Waals surface area contributed by atoms with E-state index >= 15 is 4.39 Å². The number of rotatable bonds is 22. The number of carbonyl (C=O) groups excluding carboxylic acids is 5. The second-order valence-corrected chi connectivity index (χ2v) is 15.1. The molecule has 1 aromatic heterocycles. The molecule has 0 unspecified atom stereocenters. The zero-order valence-electron chi connectivity index (χ0n) is 33.2. The summed E-state index contributed by atoms with van der Waals surface area (Å²) in [5.74, 6) is -5.66. The lowest BCUT2D eigenvalue weighted by molar-refractivity contribution is -0.144. The van der Waals surface area contributed by atoms with Crippen molar-refractivity contribution in [1.82, 2.24) is 30.4 Å². The zero-order chi connectivity index (χ0) is 43.2. The minimum absolute atomic E-state index is 0.0734. The van der Waals surface area contributed by atoms with Crippen molar-refractivity contribution in [3.63, 3.8) is 0 Å². The number of carbonyl (C=O) groups is 6. The van der Waals surface area contributed by atoms with Crippen LogP contribution in [-0.2, 0) is 30.5 Å². The second-order valence-electron chi connectivity index (χ2n) is 15.1. The van der Waals surface area contributed by atoms with Gasteiger partial charge in [0, 0.05) is 50.8 Å². The number of ketones is 1. The summed E-state index contributed by atoms with van der Waals surface area (Å²) in [6.07, 6.45) is 1.33. The lowest BCUT2D eigenvalue weighted by Crippen LogP contribution is -2.48. The maximum absolute atomic E-state index is 15.0. The fraction of sp³-hybridized carbons (Fsp3) is 0.475. The predicted octanol–water partition coefficient (Wildman–Crippen LogP) is 2.62. The van der Waals surface area contributed by atoms with Gasteiger partial charge < -0.3 is 47.1 Å². The Bertz CT molecular complexity index is 1900. The lowest BCUT2D eigenvalue weighted by Gasteiger charge is -2.40. The molecule has 0 aliphatic carbocycles. The van der Waals surface area contributed by atoms with Crippen LogP contribution in [0.2, 0.25) is 0 Å². The van der Waals surface area contributed by atoms with E-state index in [1.807, 2.05) is 51.1 Å². The number of aliphatic hydroxyl groups excluding tert-OH is 1. The van der Waals surface area contributed by atoms with Crippen LogP contribution >= 0.6 is 0 Å². The van der Waals surface area contributed by atoms with Crippen LogP contribution in [0.25, 0.3) is 11.3 Å². The van der Waals surface area contributed by atoms with Gasteiger partial charge in [0.25, 0.3) is 0 Å². The van der Waals surface area contributed by atoms with Crippen LogP contribution in [0.4, 0.5) is 13.6 Å². The minimum atomic E-state index is -1.19. The molecule has 5 amide bonds. The highest BCUT2D eigenvalue weighted by Gasteiger charge is 2.38. The van der Waals surface area contributed by atoms with Crippen LogP contribution in [0.15, 0.2) is 54.7 Å². The number of aromatic nitrogens is 2. The molecule has 0 radical (unpaired) electrons. The first-order valence-corrected chi connectivity index (χ1v) is 18.9. The van der Waals surface area contributed by atoms with Crippen molar-refractivity contribution in [2.24, 2.45) is 22.8 Å². The van der Waals surface area contributed by atoms with E-state index in [4.69, 9.17) is 16.5 Å². The van der Waals surface area contributed by atoms with Crippen LogP contribution < -0.4 is 27.4 Å². The average molecular weight is 813 g/mol. The first kappa shape index (κ1) is 46.6. The van der Waals surface area contributed by atoms with E-state index in [1.54, 1.807) is 10.8 Å². The van der Waals surface area contributed by atoms with Crippen LogP contribution in [-0.4, -0.2) is 98.5 Å². The van der Waals surface area contributed by atoms with Gasteiger partial charge in [0.2, 0.25) is 17.7 Å². The maximum Gasteiger partial charge on any atom is 0.312 e. The van der Waals surface area contributed by atoms with Gasteiger partial charge in [-0.1, -0.05) is 51.1 Å². The number of Topliss-reactive ketones (excluding diaryl/α,β-unsaturated/α-hetero) is 1. The van der Waals surface area contributed by atoms with E-state index in [-0.39, 0.29) is 69.5 Å². The summed E-state index contributed by atoms with van der Waals surface area (Å²) in [7, 11) is 0. The van der Waals surface area contributed by atoms with Crippen LogP contribution in [0.5, 0.6) is 0 Å². The number of urea groups is 1. The number of hydrogen-bond acceptors (Lipinski definition) is 9. The molecular formula is C40H54F2N8O8. The number of halogens is 2. The highest BCUT2D eigenvalue weighted by atomic mass is 19.1. The average Bonchev–Trinajstić information content (AvgIpc) is 3.56. The third kappa shape index (κ3) is 14.0. The molecule has 2 aromatic carbocycles. The molecule has 316 valence electrons. The van der Waals surface area contributed by atoms with Crippen molar-refractivity contribution in [1.29, 1.82) is 0 Å². The SMILES string of the molecule is C[C@H](NC(=O)CCNC(=O)[C@@H](N)CCN(C(=O)CO)[C@@H](c1nc(-c2cc(F)ccc2F)cn1Cc1ccccc1)C(C)(C)C)C(=O)C[C@@H](CCCNC(N)=O)C(=O)O. The summed E-state index contributed by atoms with van der Waals surface area (Å²) < 4.78 is 31.0. The number of aliphatic carboxylic acids is 1. The minimum Gasteiger partial charge on any atom is -0.481 e. The number of aliphatic hydroxyl groups is 1. The van der Waals surface area contributed by atoms with Gasteiger partial charge in [-0.3, -0.25) is 24.0 Å². The summed E-state index contributed by atoms with van der Waals surface area (Å²) in [6, 6.07) is 8.58. The summed E-state index contributed by atoms with van der Waals surface area (Å²) >= 11 is 0. The number of primary amides is 1. The quantitative estimate of drug-likeness (QED) is 0.0731. The lowest BCUT2D eigenvalue weighted by atomic mass is 9.84. The Balaban J connectivity index is 1.69. The summed E-state index contributed by atoms with van der Waals surface area (Å²) in [5, 5.41) is 27.0. The molecule has 0 fully saturated rings. The van der Waals surface area contributed by atoms with E-state index < -0.39 is 83.2 Å². The van der Waals surface area contributed by atoms with E-state index in [0.717, 1.165) is 23.8 Å². The number of nitrogens with two attached hydrogens (primary N) is 2. The standard InChI is InChI=1S/C40H54F2N8O8/c1-24(32(52)19-26(38(56)57)11-8-16-46-39(44)58)47-33(53)14-17-45-37(55)30(43)15-18-50(34(54)23-51)35(40(2,3)4)36-48-31(28-20-27(41)12-13-29(28)42)22-49(36)21-25-9-6-5-7-10-25/h5-7,9-10,12-13,20,22,24,26,30,35,51H,8,11,14-19,21,23,43H2,1-4H3,(H,45,55)(H,47,53)(H,56,57)(H3,44,46,58)/t24-,26+,30-,35-/m0/s1. The molecule has 0 spiro atoms. The maximum atomic E-state index is 15.0. The van der Waals surface area contributed by atoms with Gasteiger partial charge in [0.1, 0.15) is 24.1 Å². The molecule has 0 bridgehead atoms. The van der Waals surface area contributed by atoms with Crippen molar-refractivity contribution < 1.29 is 47.8 Å². The molecule has 0 aliphatic rings. The molecule has 0 saturated carbocycles. The van der Waals surface area contributed by atoms with Crippen molar-refractivity contribution in [2.45, 2.75) is 84.5 Å². The van der Waals surface area contributed by atoms with E-state index in [0.29, 0.717) is 5.82 Å². The zero-order valence-corrected chi connectivity index (χ0v) is 33.2. The Morgan fingerprint density at radius 1 is 0.983 bits per heavy atom. The van der Waals surface area contributed by atoms with Crippen molar-refractivity contribution in [2.75, 3.05) is 26.2 Å². The molecule has 0 saturated heterocycles. The van der Waals surface area contributed by atoms with Crippen LogP contribution in [0.1, 0.15) is 77.2 Å².